The predicted molar refractivity (Wildman–Crippen MR) is 70.1 cm³/mol. The molecular formula is C10H20N4O4S. The van der Waals surface area contributed by atoms with Gasteiger partial charge in [0.15, 0.2) is 0 Å². The Hall–Kier alpha value is -1.19. The molecule has 0 unspecified atom stereocenters. The van der Waals surface area contributed by atoms with Gasteiger partial charge in [0.05, 0.1) is 12.8 Å². The summed E-state index contributed by atoms with van der Waals surface area (Å²) in [6, 6.07) is -0.512. The maximum Gasteiger partial charge on any atom is 0.321 e. The molecule has 9 heteroatoms. The van der Waals surface area contributed by atoms with Crippen molar-refractivity contribution in [1.82, 2.24) is 19.8 Å². The molecule has 8 nitrogen and oxygen atoms in total. The van der Waals surface area contributed by atoms with Gasteiger partial charge < -0.3 is 5.32 Å². The van der Waals surface area contributed by atoms with E-state index in [0.29, 0.717) is 32.7 Å². The zero-order valence-corrected chi connectivity index (χ0v) is 12.0. The third kappa shape index (κ3) is 5.53. The zero-order valence-electron chi connectivity index (χ0n) is 11.2. The predicted octanol–water partition coefficient (Wildman–Crippen LogP) is -1.59. The summed E-state index contributed by atoms with van der Waals surface area (Å²) >= 11 is 0. The minimum absolute atomic E-state index is 0.0920. The van der Waals surface area contributed by atoms with E-state index in [4.69, 9.17) is 0 Å². The average Bonchev–Trinajstić information content (AvgIpc) is 2.28. The molecule has 1 aliphatic rings. The van der Waals surface area contributed by atoms with Gasteiger partial charge in [-0.15, -0.1) is 0 Å². The normalized spacial score (nSPS) is 18.0. The summed E-state index contributed by atoms with van der Waals surface area (Å²) in [4.78, 5) is 24.5. The Labute approximate surface area is 113 Å². The van der Waals surface area contributed by atoms with Crippen molar-refractivity contribution in [3.8, 4) is 0 Å². The number of rotatable bonds is 4. The van der Waals surface area contributed by atoms with Gasteiger partial charge in [-0.3, -0.25) is 15.0 Å². The van der Waals surface area contributed by atoms with Crippen LogP contribution in [0.25, 0.3) is 0 Å². The number of sulfonamides is 1. The average molecular weight is 292 g/mol. The second kappa shape index (κ2) is 6.83. The second-order valence-corrected chi connectivity index (χ2v) is 6.33. The van der Waals surface area contributed by atoms with Crippen LogP contribution in [0.2, 0.25) is 0 Å². The molecule has 1 fully saturated rings. The van der Waals surface area contributed by atoms with E-state index in [1.807, 2.05) is 4.90 Å². The zero-order chi connectivity index (χ0) is 14.5. The van der Waals surface area contributed by atoms with Gasteiger partial charge in [0, 0.05) is 32.7 Å². The quantitative estimate of drug-likeness (QED) is 0.651. The van der Waals surface area contributed by atoms with Crippen LogP contribution >= 0.6 is 0 Å². The van der Waals surface area contributed by atoms with Crippen LogP contribution in [0, 0.1) is 0 Å². The molecule has 1 rings (SSSR count). The summed E-state index contributed by atoms with van der Waals surface area (Å²) in [5.41, 5.74) is 0. The van der Waals surface area contributed by atoms with Crippen molar-refractivity contribution in [2.75, 3.05) is 45.5 Å². The van der Waals surface area contributed by atoms with Gasteiger partial charge in [0.2, 0.25) is 15.9 Å². The van der Waals surface area contributed by atoms with E-state index in [-0.39, 0.29) is 6.54 Å². The van der Waals surface area contributed by atoms with Crippen LogP contribution in [0.3, 0.4) is 0 Å². The smallest absolute Gasteiger partial charge is 0.321 e. The summed E-state index contributed by atoms with van der Waals surface area (Å²) in [6.45, 7) is 4.00. The van der Waals surface area contributed by atoms with Crippen molar-refractivity contribution < 1.29 is 18.0 Å². The third-order valence-electron chi connectivity index (χ3n) is 2.76. The number of piperazine rings is 1. The summed E-state index contributed by atoms with van der Waals surface area (Å²) in [5, 5.41) is 4.67. The Kier molecular flexibility index (Phi) is 5.70. The largest absolute Gasteiger partial charge is 0.338 e. The van der Waals surface area contributed by atoms with Gasteiger partial charge in [-0.1, -0.05) is 0 Å². The fourth-order valence-corrected chi connectivity index (χ4v) is 2.62. The minimum Gasteiger partial charge on any atom is -0.338 e. The number of nitrogens with zero attached hydrogens (tertiary/aromatic N) is 2. The van der Waals surface area contributed by atoms with Crippen molar-refractivity contribution >= 4 is 22.0 Å². The molecule has 3 amide bonds. The highest BCUT2D eigenvalue weighted by atomic mass is 32.2. The maximum atomic E-state index is 11.5. The van der Waals surface area contributed by atoms with Crippen molar-refractivity contribution in [1.29, 1.82) is 0 Å². The van der Waals surface area contributed by atoms with E-state index in [2.05, 4.69) is 10.6 Å². The Bertz CT molecular complexity index is 429. The molecule has 0 aliphatic carbocycles. The van der Waals surface area contributed by atoms with Crippen molar-refractivity contribution in [3.05, 3.63) is 0 Å². The first-order chi connectivity index (χ1) is 8.82. The molecule has 0 aromatic heterocycles. The number of nitrogens with one attached hydrogen (secondary N) is 2. The van der Waals surface area contributed by atoms with Crippen molar-refractivity contribution in [3.63, 3.8) is 0 Å². The molecule has 0 aromatic carbocycles. The van der Waals surface area contributed by atoms with Crippen LogP contribution in [0.4, 0.5) is 4.79 Å². The molecule has 1 aliphatic heterocycles. The molecule has 0 radical (unpaired) electrons. The fourth-order valence-electron chi connectivity index (χ4n) is 1.79. The van der Waals surface area contributed by atoms with Crippen LogP contribution in [0.5, 0.6) is 0 Å². The molecule has 0 saturated carbocycles. The van der Waals surface area contributed by atoms with Gasteiger partial charge in [-0.2, -0.15) is 4.31 Å². The van der Waals surface area contributed by atoms with E-state index >= 15 is 0 Å². The highest BCUT2D eigenvalue weighted by molar-refractivity contribution is 7.88. The standard InChI is InChI=1S/C10H20N4O4S/c1-3-11-10(16)12-9(15)8-13-4-6-14(7-5-13)19(2,17)18/h3-8H2,1-2H3,(H2,11,12,15,16). The van der Waals surface area contributed by atoms with Crippen LogP contribution in [-0.4, -0.2) is 75.1 Å². The Balaban J connectivity index is 2.33. The van der Waals surface area contributed by atoms with Crippen LogP contribution in [-0.2, 0) is 14.8 Å². The van der Waals surface area contributed by atoms with E-state index in [1.54, 1.807) is 6.92 Å². The lowest BCUT2D eigenvalue weighted by atomic mass is 10.3. The number of urea groups is 1. The Morgan fingerprint density at radius 2 is 1.74 bits per heavy atom. The highest BCUT2D eigenvalue weighted by Crippen LogP contribution is 2.05. The molecule has 0 atom stereocenters. The summed E-state index contributed by atoms with van der Waals surface area (Å²) in [5.74, 6) is -0.390. The van der Waals surface area contributed by atoms with Crippen molar-refractivity contribution in [2.45, 2.75) is 6.92 Å². The summed E-state index contributed by atoms with van der Waals surface area (Å²) in [7, 11) is -3.16. The van der Waals surface area contributed by atoms with Crippen LogP contribution in [0.15, 0.2) is 0 Å². The number of carbonyl (C=O) groups excluding carboxylic acids is 2. The third-order valence-corrected chi connectivity index (χ3v) is 4.06. The van der Waals surface area contributed by atoms with Gasteiger partial charge in [0.25, 0.3) is 0 Å². The van der Waals surface area contributed by atoms with Crippen LogP contribution in [0.1, 0.15) is 6.92 Å². The molecular weight excluding hydrogens is 272 g/mol. The lowest BCUT2D eigenvalue weighted by molar-refractivity contribution is -0.121. The van der Waals surface area contributed by atoms with Gasteiger partial charge >= 0.3 is 6.03 Å². The number of hydrogen-bond acceptors (Lipinski definition) is 5. The van der Waals surface area contributed by atoms with Crippen LogP contribution < -0.4 is 10.6 Å². The SMILES string of the molecule is CCNC(=O)NC(=O)CN1CCN(S(C)(=O)=O)CC1. The maximum absolute atomic E-state index is 11.5. The minimum atomic E-state index is -3.16. The number of hydrogen-bond donors (Lipinski definition) is 2. The van der Waals surface area contributed by atoms with E-state index in [1.165, 1.54) is 10.6 Å². The molecule has 110 valence electrons. The van der Waals surface area contributed by atoms with E-state index in [9.17, 15) is 18.0 Å². The molecule has 2 N–H and O–H groups in total. The molecule has 0 aromatic rings. The van der Waals surface area contributed by atoms with Crippen molar-refractivity contribution in [2.24, 2.45) is 0 Å². The summed E-state index contributed by atoms with van der Waals surface area (Å²) < 4.78 is 24.0. The number of imide groups is 1. The monoisotopic (exact) mass is 292 g/mol. The first-order valence-corrected chi connectivity index (χ1v) is 7.93. The second-order valence-electron chi connectivity index (χ2n) is 4.35. The topological polar surface area (TPSA) is 98.8 Å². The molecule has 1 heterocycles. The summed E-state index contributed by atoms with van der Waals surface area (Å²) in [6.07, 6.45) is 1.17. The van der Waals surface area contributed by atoms with E-state index in [0.717, 1.165) is 0 Å². The highest BCUT2D eigenvalue weighted by Gasteiger charge is 2.24. The molecule has 0 spiro atoms. The first-order valence-electron chi connectivity index (χ1n) is 6.08. The Morgan fingerprint density at radius 3 is 2.21 bits per heavy atom. The Morgan fingerprint density at radius 1 is 1.16 bits per heavy atom. The molecule has 0 bridgehead atoms. The lowest BCUT2D eigenvalue weighted by Gasteiger charge is -2.32. The fraction of sp³-hybridized carbons (Fsp3) is 0.800. The van der Waals surface area contributed by atoms with Gasteiger partial charge in [-0.25, -0.2) is 13.2 Å². The van der Waals surface area contributed by atoms with Gasteiger partial charge in [0.1, 0.15) is 0 Å². The molecule has 19 heavy (non-hydrogen) atoms. The molecule has 1 saturated heterocycles. The number of amides is 3. The first kappa shape index (κ1) is 15.9. The lowest BCUT2D eigenvalue weighted by Crippen LogP contribution is -2.52. The van der Waals surface area contributed by atoms with E-state index < -0.39 is 22.0 Å². The van der Waals surface area contributed by atoms with Gasteiger partial charge in [-0.05, 0) is 6.92 Å². The number of carbonyl (C=O) groups is 2.